The summed E-state index contributed by atoms with van der Waals surface area (Å²) < 4.78 is 27.0. The summed E-state index contributed by atoms with van der Waals surface area (Å²) in [6.45, 7) is 9.11. The van der Waals surface area contributed by atoms with Gasteiger partial charge in [-0.2, -0.15) is 4.31 Å². The number of nitrogens with zero attached hydrogens (tertiary/aromatic N) is 1. The van der Waals surface area contributed by atoms with Crippen molar-refractivity contribution >= 4 is 10.0 Å². The molecule has 0 unspecified atom stereocenters. The van der Waals surface area contributed by atoms with Crippen LogP contribution in [0.25, 0.3) is 0 Å². The largest absolute Gasteiger partial charge is 0.243 e. The quantitative estimate of drug-likeness (QED) is 0.768. The van der Waals surface area contributed by atoms with Crippen molar-refractivity contribution in [3.63, 3.8) is 0 Å². The van der Waals surface area contributed by atoms with Crippen LogP contribution in [0.4, 0.5) is 0 Å². The van der Waals surface area contributed by atoms with E-state index in [1.807, 2.05) is 26.0 Å². The Morgan fingerprint density at radius 1 is 1.11 bits per heavy atom. The molecule has 1 aromatic carbocycles. The summed E-state index contributed by atoms with van der Waals surface area (Å²) >= 11 is 0. The first-order valence-corrected chi connectivity index (χ1v) is 8.47. The predicted molar refractivity (Wildman–Crippen MR) is 79.7 cm³/mol. The van der Waals surface area contributed by atoms with Gasteiger partial charge in [-0.25, -0.2) is 8.42 Å². The number of aryl methyl sites for hydroxylation is 1. The van der Waals surface area contributed by atoms with Crippen LogP contribution in [0.3, 0.4) is 0 Å². The van der Waals surface area contributed by atoms with Gasteiger partial charge in [0.2, 0.25) is 10.0 Å². The second-order valence-corrected chi connectivity index (χ2v) is 6.81. The van der Waals surface area contributed by atoms with Crippen molar-refractivity contribution in [3.8, 4) is 0 Å². The maximum Gasteiger partial charge on any atom is 0.243 e. The third-order valence-electron chi connectivity index (χ3n) is 3.68. The van der Waals surface area contributed by atoms with E-state index in [2.05, 4.69) is 13.8 Å². The summed E-state index contributed by atoms with van der Waals surface area (Å²) in [5.41, 5.74) is 0.811. The summed E-state index contributed by atoms with van der Waals surface area (Å²) in [5, 5.41) is 0. The molecule has 0 aromatic heterocycles. The Hall–Kier alpha value is -0.870. The zero-order chi connectivity index (χ0) is 14.5. The molecule has 0 aliphatic rings. The first kappa shape index (κ1) is 16.2. The summed E-state index contributed by atoms with van der Waals surface area (Å²) in [7, 11) is -3.36. The summed E-state index contributed by atoms with van der Waals surface area (Å²) in [5.74, 6) is 0.429. The zero-order valence-corrected chi connectivity index (χ0v) is 13.2. The normalized spacial score (nSPS) is 12.3. The van der Waals surface area contributed by atoms with E-state index in [1.54, 1.807) is 16.4 Å². The Balaban J connectivity index is 3.06. The van der Waals surface area contributed by atoms with E-state index in [1.165, 1.54) is 0 Å². The van der Waals surface area contributed by atoms with Gasteiger partial charge in [0.1, 0.15) is 0 Å². The number of hydrogen-bond acceptors (Lipinski definition) is 2. The maximum absolute atomic E-state index is 12.7. The van der Waals surface area contributed by atoms with E-state index in [0.717, 1.165) is 18.4 Å². The van der Waals surface area contributed by atoms with Gasteiger partial charge in [0, 0.05) is 13.1 Å². The number of sulfonamides is 1. The average molecular weight is 283 g/mol. The fourth-order valence-electron chi connectivity index (χ4n) is 2.22. The highest BCUT2D eigenvalue weighted by Gasteiger charge is 2.25. The van der Waals surface area contributed by atoms with Crippen molar-refractivity contribution in [1.82, 2.24) is 4.31 Å². The van der Waals surface area contributed by atoms with Crippen molar-refractivity contribution in [2.24, 2.45) is 5.92 Å². The van der Waals surface area contributed by atoms with Crippen LogP contribution in [0.15, 0.2) is 29.2 Å². The zero-order valence-electron chi connectivity index (χ0n) is 12.4. The molecule has 0 fully saturated rings. The highest BCUT2D eigenvalue weighted by molar-refractivity contribution is 7.89. The minimum absolute atomic E-state index is 0.429. The molecule has 108 valence electrons. The number of rotatable bonds is 7. The van der Waals surface area contributed by atoms with Crippen molar-refractivity contribution in [3.05, 3.63) is 29.8 Å². The van der Waals surface area contributed by atoms with Gasteiger partial charge in [-0.15, -0.1) is 0 Å². The SMILES string of the molecule is CCC(CC)CN(CC)S(=O)(=O)c1ccccc1C. The van der Waals surface area contributed by atoms with Crippen LogP contribution in [0, 0.1) is 12.8 Å². The van der Waals surface area contributed by atoms with Gasteiger partial charge in [0.15, 0.2) is 0 Å². The average Bonchev–Trinajstić information content (AvgIpc) is 2.40. The highest BCUT2D eigenvalue weighted by atomic mass is 32.2. The fraction of sp³-hybridized carbons (Fsp3) is 0.600. The van der Waals surface area contributed by atoms with E-state index < -0.39 is 10.0 Å². The maximum atomic E-state index is 12.7. The molecule has 0 spiro atoms. The van der Waals surface area contributed by atoms with Gasteiger partial charge >= 0.3 is 0 Å². The van der Waals surface area contributed by atoms with Gasteiger partial charge in [0.05, 0.1) is 4.90 Å². The lowest BCUT2D eigenvalue weighted by Crippen LogP contribution is -2.35. The molecular formula is C15H25NO2S. The van der Waals surface area contributed by atoms with Gasteiger partial charge in [-0.05, 0) is 24.5 Å². The molecule has 3 nitrogen and oxygen atoms in total. The monoisotopic (exact) mass is 283 g/mol. The molecule has 0 radical (unpaired) electrons. The Kier molecular flexibility index (Phi) is 6.01. The Morgan fingerprint density at radius 2 is 1.68 bits per heavy atom. The molecule has 0 saturated carbocycles. The number of hydrogen-bond donors (Lipinski definition) is 0. The second-order valence-electron chi connectivity index (χ2n) is 4.90. The molecule has 0 aliphatic heterocycles. The van der Waals surface area contributed by atoms with Gasteiger partial charge in [0.25, 0.3) is 0 Å². The van der Waals surface area contributed by atoms with Crippen LogP contribution in [0.2, 0.25) is 0 Å². The lowest BCUT2D eigenvalue weighted by atomic mass is 10.0. The molecule has 0 N–H and O–H groups in total. The fourth-order valence-corrected chi connectivity index (χ4v) is 3.97. The van der Waals surface area contributed by atoms with Crippen molar-refractivity contribution in [1.29, 1.82) is 0 Å². The van der Waals surface area contributed by atoms with E-state index in [0.29, 0.717) is 23.9 Å². The molecule has 1 rings (SSSR count). The first-order chi connectivity index (χ1) is 8.97. The molecule has 0 amide bonds. The molecule has 19 heavy (non-hydrogen) atoms. The third kappa shape index (κ3) is 3.80. The minimum Gasteiger partial charge on any atom is -0.207 e. The van der Waals surface area contributed by atoms with Crippen LogP contribution in [0.5, 0.6) is 0 Å². The summed E-state index contributed by atoms with van der Waals surface area (Å²) in [4.78, 5) is 0.433. The number of benzene rings is 1. The van der Waals surface area contributed by atoms with Crippen LogP contribution in [-0.4, -0.2) is 25.8 Å². The standard InChI is InChI=1S/C15H25NO2S/c1-5-14(6-2)12-16(7-3)19(17,18)15-11-9-8-10-13(15)4/h8-11,14H,5-7,12H2,1-4H3. The molecule has 1 aromatic rings. The lowest BCUT2D eigenvalue weighted by molar-refractivity contribution is 0.339. The van der Waals surface area contributed by atoms with Crippen molar-refractivity contribution < 1.29 is 8.42 Å². The van der Waals surface area contributed by atoms with E-state index in [-0.39, 0.29) is 0 Å². The van der Waals surface area contributed by atoms with Crippen LogP contribution >= 0.6 is 0 Å². The molecule has 0 heterocycles. The molecule has 0 saturated heterocycles. The van der Waals surface area contributed by atoms with Gasteiger partial charge in [-0.1, -0.05) is 51.8 Å². The lowest BCUT2D eigenvalue weighted by Gasteiger charge is -2.25. The molecule has 0 atom stereocenters. The van der Waals surface area contributed by atoms with Crippen LogP contribution in [-0.2, 0) is 10.0 Å². The third-order valence-corrected chi connectivity index (χ3v) is 5.78. The van der Waals surface area contributed by atoms with Crippen molar-refractivity contribution in [2.45, 2.75) is 45.4 Å². The summed E-state index contributed by atoms with van der Waals surface area (Å²) in [6, 6.07) is 7.19. The topological polar surface area (TPSA) is 37.4 Å². The van der Waals surface area contributed by atoms with Gasteiger partial charge < -0.3 is 0 Å². The van der Waals surface area contributed by atoms with E-state index in [9.17, 15) is 8.42 Å². The minimum atomic E-state index is -3.36. The summed E-state index contributed by atoms with van der Waals surface area (Å²) in [6.07, 6.45) is 2.02. The molecule has 4 heteroatoms. The van der Waals surface area contributed by atoms with E-state index in [4.69, 9.17) is 0 Å². The van der Waals surface area contributed by atoms with Gasteiger partial charge in [-0.3, -0.25) is 0 Å². The van der Waals surface area contributed by atoms with Crippen molar-refractivity contribution in [2.75, 3.05) is 13.1 Å². The van der Waals surface area contributed by atoms with Crippen LogP contribution in [0.1, 0.15) is 39.2 Å². The van der Waals surface area contributed by atoms with E-state index >= 15 is 0 Å². The second kappa shape index (κ2) is 7.06. The molecular weight excluding hydrogens is 258 g/mol. The van der Waals surface area contributed by atoms with Crippen LogP contribution < -0.4 is 0 Å². The first-order valence-electron chi connectivity index (χ1n) is 7.03. The Morgan fingerprint density at radius 3 is 2.16 bits per heavy atom. The molecule has 0 aliphatic carbocycles. The highest BCUT2D eigenvalue weighted by Crippen LogP contribution is 2.21. The Labute approximate surface area is 117 Å². The Bertz CT molecular complexity index is 493. The molecule has 0 bridgehead atoms. The predicted octanol–water partition coefficient (Wildman–Crippen LogP) is 3.44. The smallest absolute Gasteiger partial charge is 0.207 e.